The lowest BCUT2D eigenvalue weighted by Crippen LogP contribution is -2.32. The summed E-state index contributed by atoms with van der Waals surface area (Å²) in [7, 11) is 1.57. The van der Waals surface area contributed by atoms with Gasteiger partial charge in [0.15, 0.2) is 0 Å². The molecule has 0 radical (unpaired) electrons. The first-order chi connectivity index (χ1) is 8.59. The number of carboxylic acids is 1. The number of aliphatic carboxylic acids is 1. The number of carbonyl (C=O) groups excluding carboxylic acids is 1. The zero-order valence-electron chi connectivity index (χ0n) is 10.3. The first kappa shape index (κ1) is 14.2. The van der Waals surface area contributed by atoms with Gasteiger partial charge < -0.3 is 14.7 Å². The molecule has 0 unspecified atom stereocenters. The van der Waals surface area contributed by atoms with Gasteiger partial charge in [0.1, 0.15) is 6.61 Å². The van der Waals surface area contributed by atoms with Crippen molar-refractivity contribution >= 4 is 11.9 Å². The van der Waals surface area contributed by atoms with Gasteiger partial charge in [-0.25, -0.2) is 0 Å². The van der Waals surface area contributed by atoms with E-state index in [1.807, 2.05) is 30.3 Å². The molecule has 0 aliphatic rings. The summed E-state index contributed by atoms with van der Waals surface area (Å²) in [6.45, 7) is 0.535. The topological polar surface area (TPSA) is 66.8 Å². The summed E-state index contributed by atoms with van der Waals surface area (Å²) in [6, 6.07) is 9.55. The smallest absolute Gasteiger partial charge is 0.305 e. The lowest BCUT2D eigenvalue weighted by Gasteiger charge is -2.15. The Morgan fingerprint density at radius 3 is 2.56 bits per heavy atom. The van der Waals surface area contributed by atoms with Crippen LogP contribution in [0.3, 0.4) is 0 Å². The quantitative estimate of drug-likeness (QED) is 0.789. The number of carbonyl (C=O) groups is 2. The molecule has 0 bridgehead atoms. The van der Waals surface area contributed by atoms with Gasteiger partial charge in [0.25, 0.3) is 0 Å². The summed E-state index contributed by atoms with van der Waals surface area (Å²) < 4.78 is 5.27. The standard InChI is InChI=1S/C13H17NO4/c1-14(8-7-13(16)17)12(15)10-18-9-11-5-3-2-4-6-11/h2-6H,7-10H2,1H3,(H,16,17). The van der Waals surface area contributed by atoms with Crippen molar-refractivity contribution in [1.82, 2.24) is 4.90 Å². The summed E-state index contributed by atoms with van der Waals surface area (Å²) in [5.41, 5.74) is 0.999. The van der Waals surface area contributed by atoms with Crippen LogP contribution in [0.4, 0.5) is 0 Å². The highest BCUT2D eigenvalue weighted by atomic mass is 16.5. The molecule has 5 heteroatoms. The van der Waals surface area contributed by atoms with E-state index in [-0.39, 0.29) is 25.5 Å². The van der Waals surface area contributed by atoms with Crippen molar-refractivity contribution in [2.24, 2.45) is 0 Å². The summed E-state index contributed by atoms with van der Waals surface area (Å²) in [4.78, 5) is 23.3. The fourth-order valence-electron chi connectivity index (χ4n) is 1.33. The molecule has 1 amide bonds. The Balaban J connectivity index is 2.22. The second-order valence-corrected chi connectivity index (χ2v) is 3.94. The molecule has 0 heterocycles. The molecular weight excluding hydrogens is 234 g/mol. The third-order valence-corrected chi connectivity index (χ3v) is 2.42. The van der Waals surface area contributed by atoms with E-state index >= 15 is 0 Å². The van der Waals surface area contributed by atoms with Gasteiger partial charge in [-0.05, 0) is 5.56 Å². The van der Waals surface area contributed by atoms with Gasteiger partial charge in [-0.2, -0.15) is 0 Å². The molecule has 1 aromatic rings. The van der Waals surface area contributed by atoms with E-state index in [1.54, 1.807) is 7.05 Å². The number of nitrogens with zero attached hydrogens (tertiary/aromatic N) is 1. The van der Waals surface area contributed by atoms with Crippen molar-refractivity contribution in [2.75, 3.05) is 20.2 Å². The molecule has 0 fully saturated rings. The van der Waals surface area contributed by atoms with E-state index in [9.17, 15) is 9.59 Å². The number of rotatable bonds is 7. The summed E-state index contributed by atoms with van der Waals surface area (Å²) >= 11 is 0. The number of hydrogen-bond donors (Lipinski definition) is 1. The molecule has 1 N–H and O–H groups in total. The predicted molar refractivity (Wildman–Crippen MR) is 66.0 cm³/mol. The van der Waals surface area contributed by atoms with E-state index in [1.165, 1.54) is 4.90 Å². The molecule has 1 aromatic carbocycles. The molecule has 5 nitrogen and oxygen atoms in total. The zero-order chi connectivity index (χ0) is 13.4. The average Bonchev–Trinajstić information content (AvgIpc) is 2.37. The van der Waals surface area contributed by atoms with E-state index in [0.29, 0.717) is 6.61 Å². The van der Waals surface area contributed by atoms with Gasteiger partial charge in [-0.15, -0.1) is 0 Å². The Morgan fingerprint density at radius 1 is 1.28 bits per heavy atom. The average molecular weight is 251 g/mol. The minimum absolute atomic E-state index is 0.0367. The van der Waals surface area contributed by atoms with Crippen LogP contribution in [0.15, 0.2) is 30.3 Å². The normalized spacial score (nSPS) is 10.1. The molecule has 0 atom stereocenters. The monoisotopic (exact) mass is 251 g/mol. The van der Waals surface area contributed by atoms with Crippen LogP contribution < -0.4 is 0 Å². The molecule has 98 valence electrons. The molecule has 0 saturated carbocycles. The van der Waals surface area contributed by atoms with Crippen molar-refractivity contribution in [2.45, 2.75) is 13.0 Å². The van der Waals surface area contributed by atoms with E-state index in [0.717, 1.165) is 5.56 Å². The highest BCUT2D eigenvalue weighted by Crippen LogP contribution is 2.00. The number of benzene rings is 1. The number of ether oxygens (including phenoxy) is 1. The van der Waals surface area contributed by atoms with Crippen LogP contribution >= 0.6 is 0 Å². The maximum atomic E-state index is 11.6. The van der Waals surface area contributed by atoms with Crippen LogP contribution in [-0.4, -0.2) is 42.1 Å². The minimum atomic E-state index is -0.917. The lowest BCUT2D eigenvalue weighted by molar-refractivity contribution is -0.139. The zero-order valence-corrected chi connectivity index (χ0v) is 10.3. The van der Waals surface area contributed by atoms with Crippen molar-refractivity contribution in [1.29, 1.82) is 0 Å². The van der Waals surface area contributed by atoms with Gasteiger partial charge in [-0.3, -0.25) is 9.59 Å². The van der Waals surface area contributed by atoms with Crippen molar-refractivity contribution in [3.05, 3.63) is 35.9 Å². The maximum Gasteiger partial charge on any atom is 0.305 e. The lowest BCUT2D eigenvalue weighted by atomic mass is 10.2. The fraction of sp³-hybridized carbons (Fsp3) is 0.385. The van der Waals surface area contributed by atoms with Crippen LogP contribution in [0.1, 0.15) is 12.0 Å². The number of carboxylic acid groups (broad SMARTS) is 1. The number of likely N-dealkylation sites (N-methyl/N-ethyl adjacent to an activating group) is 1. The molecule has 0 aliphatic carbocycles. The van der Waals surface area contributed by atoms with E-state index in [2.05, 4.69) is 0 Å². The van der Waals surface area contributed by atoms with Crippen LogP contribution in [0, 0.1) is 0 Å². The maximum absolute atomic E-state index is 11.6. The molecule has 18 heavy (non-hydrogen) atoms. The first-order valence-corrected chi connectivity index (χ1v) is 5.67. The second kappa shape index (κ2) is 7.45. The number of hydrogen-bond acceptors (Lipinski definition) is 3. The van der Waals surface area contributed by atoms with Crippen molar-refractivity contribution in [3.8, 4) is 0 Å². The minimum Gasteiger partial charge on any atom is -0.481 e. The fourth-order valence-corrected chi connectivity index (χ4v) is 1.33. The predicted octanol–water partition coefficient (Wildman–Crippen LogP) is 1.14. The largest absolute Gasteiger partial charge is 0.481 e. The van der Waals surface area contributed by atoms with Crippen LogP contribution in [0.25, 0.3) is 0 Å². The van der Waals surface area contributed by atoms with Crippen molar-refractivity contribution < 1.29 is 19.4 Å². The molecule has 0 aromatic heterocycles. The van der Waals surface area contributed by atoms with Crippen molar-refractivity contribution in [3.63, 3.8) is 0 Å². The van der Waals surface area contributed by atoms with Gasteiger partial charge in [0, 0.05) is 13.6 Å². The first-order valence-electron chi connectivity index (χ1n) is 5.67. The van der Waals surface area contributed by atoms with Gasteiger partial charge >= 0.3 is 5.97 Å². The highest BCUT2D eigenvalue weighted by Gasteiger charge is 2.10. The highest BCUT2D eigenvalue weighted by molar-refractivity contribution is 5.77. The second-order valence-electron chi connectivity index (χ2n) is 3.94. The molecular formula is C13H17NO4. The Hall–Kier alpha value is -1.88. The third-order valence-electron chi connectivity index (χ3n) is 2.42. The van der Waals surface area contributed by atoms with Gasteiger partial charge in [-0.1, -0.05) is 30.3 Å². The molecule has 1 rings (SSSR count). The summed E-state index contributed by atoms with van der Waals surface area (Å²) in [6.07, 6.45) is -0.0546. The van der Waals surface area contributed by atoms with Crippen LogP contribution in [0.2, 0.25) is 0 Å². The third kappa shape index (κ3) is 5.45. The number of amides is 1. The SMILES string of the molecule is CN(CCC(=O)O)C(=O)COCc1ccccc1. The summed E-state index contributed by atoms with van der Waals surface area (Å²) in [5, 5.41) is 8.50. The molecule has 0 saturated heterocycles. The molecule has 0 aliphatic heterocycles. The van der Waals surface area contributed by atoms with Gasteiger partial charge in [0.05, 0.1) is 13.0 Å². The Morgan fingerprint density at radius 2 is 1.94 bits per heavy atom. The Bertz CT molecular complexity index is 391. The van der Waals surface area contributed by atoms with Crippen LogP contribution in [0.5, 0.6) is 0 Å². The van der Waals surface area contributed by atoms with E-state index in [4.69, 9.17) is 9.84 Å². The Kier molecular flexibility index (Phi) is 5.87. The van der Waals surface area contributed by atoms with Gasteiger partial charge in [0.2, 0.25) is 5.91 Å². The summed E-state index contributed by atoms with van der Waals surface area (Å²) in [5.74, 6) is -1.13. The Labute approximate surface area is 106 Å². The molecule has 0 spiro atoms. The van der Waals surface area contributed by atoms with E-state index < -0.39 is 5.97 Å². The van der Waals surface area contributed by atoms with Crippen LogP contribution in [-0.2, 0) is 20.9 Å².